The fourth-order valence-electron chi connectivity index (χ4n) is 2.24. The second-order valence-corrected chi connectivity index (χ2v) is 5.82. The standard InChI is InChI=1S/C15H20BrNO2/c16-13-6-3-12(4-7-13)5-8-15(18)17-10-9-14-2-1-11-19-14/h3-4,6-7,14H,1-2,5,8-11H2,(H,17,18)/t14-/m1/s1. The molecular weight excluding hydrogens is 306 g/mol. The van der Waals surface area contributed by atoms with Gasteiger partial charge in [0.25, 0.3) is 0 Å². The van der Waals surface area contributed by atoms with Crippen LogP contribution in [-0.4, -0.2) is 25.2 Å². The van der Waals surface area contributed by atoms with Gasteiger partial charge in [-0.15, -0.1) is 0 Å². The first kappa shape index (κ1) is 14.5. The summed E-state index contributed by atoms with van der Waals surface area (Å²) in [4.78, 5) is 11.7. The van der Waals surface area contributed by atoms with Crippen LogP contribution in [0.3, 0.4) is 0 Å². The van der Waals surface area contributed by atoms with Gasteiger partial charge in [-0.2, -0.15) is 0 Å². The first-order valence-corrected chi connectivity index (χ1v) is 7.66. The molecule has 1 aliphatic rings. The second-order valence-electron chi connectivity index (χ2n) is 4.90. The van der Waals surface area contributed by atoms with E-state index >= 15 is 0 Å². The molecule has 1 aromatic rings. The molecule has 0 aliphatic carbocycles. The molecule has 0 saturated carbocycles. The third kappa shape index (κ3) is 5.33. The van der Waals surface area contributed by atoms with E-state index in [1.165, 1.54) is 5.56 Å². The van der Waals surface area contributed by atoms with Gasteiger partial charge in [0.15, 0.2) is 0 Å². The van der Waals surface area contributed by atoms with E-state index in [-0.39, 0.29) is 5.91 Å². The third-order valence-electron chi connectivity index (χ3n) is 3.37. The van der Waals surface area contributed by atoms with Crippen LogP contribution < -0.4 is 5.32 Å². The van der Waals surface area contributed by atoms with E-state index < -0.39 is 0 Å². The van der Waals surface area contributed by atoms with Gasteiger partial charge in [-0.3, -0.25) is 4.79 Å². The molecule has 1 saturated heterocycles. The van der Waals surface area contributed by atoms with Crippen molar-refractivity contribution in [2.75, 3.05) is 13.2 Å². The number of benzene rings is 1. The molecule has 3 nitrogen and oxygen atoms in total. The molecule has 0 spiro atoms. The second kappa shape index (κ2) is 7.65. The van der Waals surface area contributed by atoms with Crippen LogP contribution in [0.2, 0.25) is 0 Å². The summed E-state index contributed by atoms with van der Waals surface area (Å²) in [7, 11) is 0. The number of halogens is 1. The molecule has 1 aliphatic heterocycles. The Morgan fingerprint density at radius 3 is 2.84 bits per heavy atom. The summed E-state index contributed by atoms with van der Waals surface area (Å²) < 4.78 is 6.59. The average Bonchev–Trinajstić information content (AvgIpc) is 2.91. The zero-order valence-electron chi connectivity index (χ0n) is 11.0. The Morgan fingerprint density at radius 2 is 2.16 bits per heavy atom. The summed E-state index contributed by atoms with van der Waals surface area (Å²) in [6.07, 6.45) is 4.92. The Bertz CT molecular complexity index is 399. The number of nitrogens with one attached hydrogen (secondary N) is 1. The fraction of sp³-hybridized carbons (Fsp3) is 0.533. The first-order valence-electron chi connectivity index (χ1n) is 6.87. The number of amides is 1. The van der Waals surface area contributed by atoms with Gasteiger partial charge in [-0.1, -0.05) is 28.1 Å². The highest BCUT2D eigenvalue weighted by Gasteiger charge is 2.14. The molecule has 19 heavy (non-hydrogen) atoms. The summed E-state index contributed by atoms with van der Waals surface area (Å²) in [5.41, 5.74) is 1.19. The average molecular weight is 326 g/mol. The van der Waals surface area contributed by atoms with Crippen molar-refractivity contribution in [2.24, 2.45) is 0 Å². The number of hydrogen-bond acceptors (Lipinski definition) is 2. The molecule has 1 aromatic carbocycles. The minimum atomic E-state index is 0.126. The summed E-state index contributed by atoms with van der Waals surface area (Å²) in [6.45, 7) is 1.60. The van der Waals surface area contributed by atoms with Gasteiger partial charge in [0.05, 0.1) is 6.10 Å². The lowest BCUT2D eigenvalue weighted by atomic mass is 10.1. The Morgan fingerprint density at radius 1 is 1.37 bits per heavy atom. The van der Waals surface area contributed by atoms with Crippen molar-refractivity contribution in [1.29, 1.82) is 0 Å². The maximum Gasteiger partial charge on any atom is 0.220 e. The Kier molecular flexibility index (Phi) is 5.86. The van der Waals surface area contributed by atoms with Gasteiger partial charge in [-0.25, -0.2) is 0 Å². The summed E-state index contributed by atoms with van der Waals surface area (Å²) >= 11 is 3.40. The van der Waals surface area contributed by atoms with E-state index in [4.69, 9.17) is 4.74 Å². The lowest BCUT2D eigenvalue weighted by Gasteiger charge is -2.10. The first-order chi connectivity index (χ1) is 9.24. The molecule has 104 valence electrons. The highest BCUT2D eigenvalue weighted by molar-refractivity contribution is 9.10. The number of ether oxygens (including phenoxy) is 1. The largest absolute Gasteiger partial charge is 0.378 e. The number of hydrogen-bond donors (Lipinski definition) is 1. The minimum Gasteiger partial charge on any atom is -0.378 e. The lowest BCUT2D eigenvalue weighted by molar-refractivity contribution is -0.121. The topological polar surface area (TPSA) is 38.3 Å². The zero-order valence-corrected chi connectivity index (χ0v) is 12.6. The molecule has 1 N–H and O–H groups in total. The van der Waals surface area contributed by atoms with Crippen molar-refractivity contribution in [3.63, 3.8) is 0 Å². The Hall–Kier alpha value is -0.870. The monoisotopic (exact) mass is 325 g/mol. The molecule has 1 fully saturated rings. The summed E-state index contributed by atoms with van der Waals surface area (Å²) in [6, 6.07) is 8.10. The van der Waals surface area contributed by atoms with Crippen molar-refractivity contribution in [2.45, 2.75) is 38.2 Å². The number of carbonyl (C=O) groups excluding carboxylic acids is 1. The summed E-state index contributed by atoms with van der Waals surface area (Å²) in [5, 5.41) is 2.96. The molecule has 1 amide bonds. The highest BCUT2D eigenvalue weighted by atomic mass is 79.9. The van der Waals surface area contributed by atoms with E-state index in [1.807, 2.05) is 24.3 Å². The fourth-order valence-corrected chi connectivity index (χ4v) is 2.51. The third-order valence-corrected chi connectivity index (χ3v) is 3.90. The van der Waals surface area contributed by atoms with Crippen molar-refractivity contribution in [3.8, 4) is 0 Å². The SMILES string of the molecule is O=C(CCc1ccc(Br)cc1)NCC[C@H]1CCCO1. The summed E-state index contributed by atoms with van der Waals surface area (Å²) in [5.74, 6) is 0.126. The molecule has 1 atom stereocenters. The molecule has 0 unspecified atom stereocenters. The minimum absolute atomic E-state index is 0.126. The van der Waals surface area contributed by atoms with Gasteiger partial charge < -0.3 is 10.1 Å². The van der Waals surface area contributed by atoms with Gasteiger partial charge >= 0.3 is 0 Å². The van der Waals surface area contributed by atoms with Crippen molar-refractivity contribution >= 4 is 21.8 Å². The molecule has 0 bridgehead atoms. The molecule has 0 aromatic heterocycles. The lowest BCUT2D eigenvalue weighted by Crippen LogP contribution is -2.27. The maximum absolute atomic E-state index is 11.7. The smallest absolute Gasteiger partial charge is 0.220 e. The van der Waals surface area contributed by atoms with E-state index in [9.17, 15) is 4.79 Å². The highest BCUT2D eigenvalue weighted by Crippen LogP contribution is 2.14. The molecule has 2 rings (SSSR count). The molecule has 0 radical (unpaired) electrons. The van der Waals surface area contributed by atoms with Crippen LogP contribution >= 0.6 is 15.9 Å². The molecule has 1 heterocycles. The van der Waals surface area contributed by atoms with E-state index in [0.717, 1.165) is 43.3 Å². The quantitative estimate of drug-likeness (QED) is 0.872. The van der Waals surface area contributed by atoms with Gasteiger partial charge in [0, 0.05) is 24.0 Å². The van der Waals surface area contributed by atoms with E-state index in [0.29, 0.717) is 12.5 Å². The molecule has 4 heteroatoms. The maximum atomic E-state index is 11.7. The van der Waals surface area contributed by atoms with Crippen LogP contribution in [0, 0.1) is 0 Å². The molecular formula is C15H20BrNO2. The number of aryl methyl sites for hydroxylation is 1. The van der Waals surface area contributed by atoms with Crippen LogP contribution in [0.15, 0.2) is 28.7 Å². The van der Waals surface area contributed by atoms with Crippen molar-refractivity contribution in [3.05, 3.63) is 34.3 Å². The van der Waals surface area contributed by atoms with Crippen LogP contribution in [0.4, 0.5) is 0 Å². The van der Waals surface area contributed by atoms with Crippen LogP contribution in [0.5, 0.6) is 0 Å². The van der Waals surface area contributed by atoms with E-state index in [2.05, 4.69) is 21.2 Å². The predicted molar refractivity (Wildman–Crippen MR) is 79.1 cm³/mol. The zero-order chi connectivity index (χ0) is 13.5. The Balaban J connectivity index is 1.60. The van der Waals surface area contributed by atoms with Crippen molar-refractivity contribution < 1.29 is 9.53 Å². The predicted octanol–water partition coefficient (Wildman–Crippen LogP) is 3.07. The van der Waals surface area contributed by atoms with Gasteiger partial charge in [0.2, 0.25) is 5.91 Å². The van der Waals surface area contributed by atoms with Gasteiger partial charge in [0.1, 0.15) is 0 Å². The van der Waals surface area contributed by atoms with Gasteiger partial charge in [-0.05, 0) is 43.4 Å². The number of rotatable bonds is 6. The normalized spacial score (nSPS) is 18.5. The van der Waals surface area contributed by atoms with Crippen molar-refractivity contribution in [1.82, 2.24) is 5.32 Å². The van der Waals surface area contributed by atoms with E-state index in [1.54, 1.807) is 0 Å². The van der Waals surface area contributed by atoms with Crippen LogP contribution in [-0.2, 0) is 16.0 Å². The van der Waals surface area contributed by atoms with Crippen LogP contribution in [0.1, 0.15) is 31.2 Å². The Labute approximate surface area is 122 Å². The number of carbonyl (C=O) groups is 1. The van der Waals surface area contributed by atoms with Crippen LogP contribution in [0.25, 0.3) is 0 Å².